The number of rotatable bonds is 3. The maximum Gasteiger partial charge on any atom is 0.255 e. The number of nitrogens with zero attached hydrogens (tertiary/aromatic N) is 2. The van der Waals surface area contributed by atoms with Crippen LogP contribution in [0.5, 0.6) is 0 Å². The summed E-state index contributed by atoms with van der Waals surface area (Å²) in [5.41, 5.74) is 5.40. The van der Waals surface area contributed by atoms with Crippen LogP contribution in [0.4, 0.5) is 5.69 Å². The molecule has 0 bridgehead atoms. The van der Waals surface area contributed by atoms with Gasteiger partial charge in [-0.05, 0) is 6.07 Å². The molecular formula is C13H18ClN3O3. The van der Waals surface area contributed by atoms with Crippen molar-refractivity contribution in [3.63, 3.8) is 0 Å². The van der Waals surface area contributed by atoms with Gasteiger partial charge in [0.05, 0.1) is 23.0 Å². The molecule has 3 N–H and O–H groups in total. The summed E-state index contributed by atoms with van der Waals surface area (Å²) in [4.78, 5) is 17.6. The van der Waals surface area contributed by atoms with E-state index in [0.717, 1.165) is 0 Å². The molecule has 1 aliphatic heterocycles. The Bertz CT molecular complexity index is 504. The predicted octanol–water partition coefficient (Wildman–Crippen LogP) is 0.931. The van der Waals surface area contributed by atoms with Crippen LogP contribution in [0.1, 0.15) is 23.2 Å². The Balaban J connectivity index is 2.10. The van der Waals surface area contributed by atoms with Gasteiger partial charge in [-0.2, -0.15) is 0 Å². The highest BCUT2D eigenvalue weighted by Gasteiger charge is 2.32. The lowest BCUT2D eigenvalue weighted by molar-refractivity contribution is -0.0734. The van der Waals surface area contributed by atoms with E-state index in [4.69, 9.17) is 22.1 Å². The summed E-state index contributed by atoms with van der Waals surface area (Å²) in [6, 6.07) is 1.43. The van der Waals surface area contributed by atoms with Gasteiger partial charge in [-0.15, -0.1) is 0 Å². The third-order valence-electron chi connectivity index (χ3n) is 3.43. The van der Waals surface area contributed by atoms with Crippen LogP contribution in [0.2, 0.25) is 5.15 Å². The van der Waals surface area contributed by atoms with Crippen LogP contribution in [0.3, 0.4) is 0 Å². The number of aromatic nitrogens is 1. The fraction of sp³-hybridized carbons (Fsp3) is 0.538. The second kappa shape index (κ2) is 5.95. The van der Waals surface area contributed by atoms with E-state index in [1.807, 2.05) is 0 Å². The van der Waals surface area contributed by atoms with Crippen LogP contribution in [0.15, 0.2) is 12.3 Å². The fourth-order valence-corrected chi connectivity index (χ4v) is 2.41. The van der Waals surface area contributed by atoms with E-state index in [1.165, 1.54) is 17.2 Å². The number of likely N-dealkylation sites (N-methyl/N-ethyl adjacent to an activating group) is 1. The lowest BCUT2D eigenvalue weighted by Gasteiger charge is -2.35. The smallest absolute Gasteiger partial charge is 0.255 e. The molecule has 0 radical (unpaired) electrons. The fourth-order valence-electron chi connectivity index (χ4n) is 2.25. The molecule has 1 aromatic rings. The first kappa shape index (κ1) is 15.0. The highest BCUT2D eigenvalue weighted by atomic mass is 35.5. The molecule has 2 rings (SSSR count). The molecule has 0 unspecified atom stereocenters. The van der Waals surface area contributed by atoms with E-state index in [1.54, 1.807) is 7.05 Å². The average Bonchev–Trinajstić information content (AvgIpc) is 2.41. The number of carbonyl (C=O) groups is 1. The van der Waals surface area contributed by atoms with Gasteiger partial charge in [0.1, 0.15) is 5.15 Å². The molecule has 6 nitrogen and oxygen atoms in total. The van der Waals surface area contributed by atoms with Gasteiger partial charge < -0.3 is 20.5 Å². The van der Waals surface area contributed by atoms with Gasteiger partial charge in [0, 0.05) is 39.6 Å². The van der Waals surface area contributed by atoms with Gasteiger partial charge >= 0.3 is 0 Å². The predicted molar refractivity (Wildman–Crippen MR) is 75.6 cm³/mol. The first-order valence-electron chi connectivity index (χ1n) is 6.38. The molecule has 0 aliphatic carbocycles. The van der Waals surface area contributed by atoms with Gasteiger partial charge in [-0.25, -0.2) is 4.98 Å². The van der Waals surface area contributed by atoms with Crippen LogP contribution in [0.25, 0.3) is 0 Å². The normalized spacial score (nSPS) is 17.8. The first-order valence-corrected chi connectivity index (χ1v) is 6.76. The summed E-state index contributed by atoms with van der Waals surface area (Å²) < 4.78 is 5.22. The number of hydrogen-bond acceptors (Lipinski definition) is 5. The van der Waals surface area contributed by atoms with Crippen molar-refractivity contribution in [2.24, 2.45) is 0 Å². The summed E-state index contributed by atoms with van der Waals surface area (Å²) in [6.45, 7) is 1.23. The minimum absolute atomic E-state index is 0.209. The molecule has 2 heterocycles. The zero-order chi connectivity index (χ0) is 14.8. The zero-order valence-electron chi connectivity index (χ0n) is 11.3. The van der Waals surface area contributed by atoms with Crippen LogP contribution >= 0.6 is 11.6 Å². The molecule has 0 atom stereocenters. The van der Waals surface area contributed by atoms with Crippen molar-refractivity contribution < 1.29 is 14.6 Å². The largest absolute Gasteiger partial charge is 0.397 e. The lowest BCUT2D eigenvalue weighted by atomic mass is 9.93. The summed E-state index contributed by atoms with van der Waals surface area (Å²) in [6.07, 6.45) is 2.38. The van der Waals surface area contributed by atoms with Crippen molar-refractivity contribution in [1.29, 1.82) is 0 Å². The van der Waals surface area contributed by atoms with E-state index < -0.39 is 5.60 Å². The highest BCUT2D eigenvalue weighted by Crippen LogP contribution is 2.23. The number of nitrogen functional groups attached to an aromatic ring is 1. The first-order chi connectivity index (χ1) is 9.41. The quantitative estimate of drug-likeness (QED) is 0.811. The number of carbonyl (C=O) groups excluding carboxylic acids is 1. The molecule has 20 heavy (non-hydrogen) atoms. The summed E-state index contributed by atoms with van der Waals surface area (Å²) in [5.74, 6) is -0.285. The molecule has 1 aliphatic rings. The number of hydrogen-bond donors (Lipinski definition) is 2. The average molecular weight is 300 g/mol. The molecule has 0 spiro atoms. The van der Waals surface area contributed by atoms with E-state index >= 15 is 0 Å². The van der Waals surface area contributed by atoms with Gasteiger partial charge in [0.15, 0.2) is 0 Å². The van der Waals surface area contributed by atoms with Gasteiger partial charge in [-0.1, -0.05) is 11.6 Å². The van der Waals surface area contributed by atoms with Crippen molar-refractivity contribution in [3.05, 3.63) is 23.0 Å². The second-order valence-corrected chi connectivity index (χ2v) is 5.48. The Kier molecular flexibility index (Phi) is 4.47. The third-order valence-corrected chi connectivity index (χ3v) is 3.64. The minimum Gasteiger partial charge on any atom is -0.397 e. The van der Waals surface area contributed by atoms with Crippen molar-refractivity contribution in [1.82, 2.24) is 9.88 Å². The Morgan fingerprint density at radius 1 is 1.60 bits per heavy atom. The number of amides is 1. The van der Waals surface area contributed by atoms with Crippen LogP contribution in [-0.2, 0) is 4.74 Å². The molecule has 110 valence electrons. The topological polar surface area (TPSA) is 88.7 Å². The van der Waals surface area contributed by atoms with E-state index in [-0.39, 0.29) is 23.3 Å². The minimum atomic E-state index is -0.908. The summed E-state index contributed by atoms with van der Waals surface area (Å²) in [5, 5.41) is 10.6. The Labute approximate surface area is 122 Å². The Morgan fingerprint density at radius 2 is 2.25 bits per heavy atom. The maximum atomic E-state index is 12.4. The number of nitrogens with two attached hydrogens (primary N) is 1. The van der Waals surface area contributed by atoms with Crippen molar-refractivity contribution in [3.8, 4) is 0 Å². The summed E-state index contributed by atoms with van der Waals surface area (Å²) >= 11 is 5.78. The van der Waals surface area contributed by atoms with E-state index in [9.17, 15) is 9.90 Å². The zero-order valence-corrected chi connectivity index (χ0v) is 12.1. The van der Waals surface area contributed by atoms with Crippen LogP contribution in [0, 0.1) is 0 Å². The molecule has 1 fully saturated rings. The standard InChI is InChI=1S/C13H18ClN3O3/c1-17(8-13(19)2-4-20-5-3-13)12(18)9-6-11(14)16-7-10(9)15/h6-7,19H,2-5,8,15H2,1H3. The second-order valence-electron chi connectivity index (χ2n) is 5.09. The van der Waals surface area contributed by atoms with Crippen molar-refractivity contribution in [2.45, 2.75) is 18.4 Å². The van der Waals surface area contributed by atoms with Crippen molar-refractivity contribution in [2.75, 3.05) is 32.5 Å². The maximum absolute atomic E-state index is 12.4. The van der Waals surface area contributed by atoms with Gasteiger partial charge in [0.2, 0.25) is 0 Å². The molecule has 1 amide bonds. The Morgan fingerprint density at radius 3 is 2.90 bits per heavy atom. The third kappa shape index (κ3) is 3.39. The Hall–Kier alpha value is -1.37. The van der Waals surface area contributed by atoms with E-state index in [0.29, 0.717) is 31.6 Å². The number of anilines is 1. The molecule has 0 saturated carbocycles. The highest BCUT2D eigenvalue weighted by molar-refractivity contribution is 6.29. The SMILES string of the molecule is CN(CC1(O)CCOCC1)C(=O)c1cc(Cl)ncc1N. The number of pyridine rings is 1. The molecule has 1 aromatic heterocycles. The molecule has 1 saturated heterocycles. The summed E-state index contributed by atoms with van der Waals surface area (Å²) in [7, 11) is 1.63. The molecule has 0 aromatic carbocycles. The lowest BCUT2D eigenvalue weighted by Crippen LogP contribution is -2.47. The van der Waals surface area contributed by atoms with Crippen LogP contribution < -0.4 is 5.73 Å². The monoisotopic (exact) mass is 299 g/mol. The van der Waals surface area contributed by atoms with Gasteiger partial charge in [0.25, 0.3) is 5.91 Å². The number of halogens is 1. The molecule has 7 heteroatoms. The van der Waals surface area contributed by atoms with E-state index in [2.05, 4.69) is 4.98 Å². The van der Waals surface area contributed by atoms with Gasteiger partial charge in [-0.3, -0.25) is 4.79 Å². The molecular weight excluding hydrogens is 282 g/mol. The number of aliphatic hydroxyl groups is 1. The number of ether oxygens (including phenoxy) is 1. The van der Waals surface area contributed by atoms with Crippen molar-refractivity contribution >= 4 is 23.2 Å². The van der Waals surface area contributed by atoms with Crippen LogP contribution in [-0.4, -0.2) is 53.3 Å².